The molecular weight excluding hydrogens is 214 g/mol. The minimum absolute atomic E-state index is 0.267. The Hall–Kier alpha value is -0.870. The quantitative estimate of drug-likeness (QED) is 0.859. The van der Waals surface area contributed by atoms with Gasteiger partial charge in [-0.25, -0.2) is 0 Å². The van der Waals surface area contributed by atoms with Crippen molar-refractivity contribution in [2.75, 3.05) is 6.61 Å². The van der Waals surface area contributed by atoms with Crippen LogP contribution in [0.1, 0.15) is 25.8 Å². The van der Waals surface area contributed by atoms with E-state index >= 15 is 0 Å². The minimum atomic E-state index is 0.267. The highest BCUT2D eigenvalue weighted by Crippen LogP contribution is 2.52. The van der Waals surface area contributed by atoms with E-state index in [0.717, 1.165) is 13.2 Å². The minimum Gasteiger partial charge on any atom is -0.377 e. The molecular formula is C13H21N3O. The molecule has 2 aliphatic rings. The number of ether oxygens (including phenoxy) is 1. The molecule has 4 nitrogen and oxygen atoms in total. The molecule has 94 valence electrons. The first kappa shape index (κ1) is 11.2. The average molecular weight is 235 g/mol. The Labute approximate surface area is 102 Å². The zero-order valence-corrected chi connectivity index (χ0v) is 10.8. The largest absolute Gasteiger partial charge is 0.377 e. The van der Waals surface area contributed by atoms with E-state index < -0.39 is 0 Å². The van der Waals surface area contributed by atoms with E-state index in [1.54, 1.807) is 0 Å². The SMILES string of the molecule is Cn1cc(CNC2C3CCOC3C2(C)C)cn1. The van der Waals surface area contributed by atoms with Gasteiger partial charge in [0.25, 0.3) is 0 Å². The second-order valence-corrected chi connectivity index (χ2v) is 5.95. The van der Waals surface area contributed by atoms with Crippen LogP contribution >= 0.6 is 0 Å². The standard InChI is InChI=1S/C13H21N3O/c1-13(2)11(10-4-5-17-12(10)13)14-6-9-7-15-16(3)8-9/h7-8,10-12,14H,4-6H2,1-3H3. The predicted molar refractivity (Wildman–Crippen MR) is 65.5 cm³/mol. The number of aromatic nitrogens is 2. The van der Waals surface area contributed by atoms with Crippen LogP contribution < -0.4 is 5.32 Å². The lowest BCUT2D eigenvalue weighted by Crippen LogP contribution is -2.65. The lowest BCUT2D eigenvalue weighted by atomic mass is 9.57. The zero-order chi connectivity index (χ0) is 12.0. The number of fused-ring (bicyclic) bond motifs is 1. The Kier molecular flexibility index (Phi) is 2.52. The Morgan fingerprint density at radius 1 is 1.59 bits per heavy atom. The highest BCUT2D eigenvalue weighted by molar-refractivity contribution is 5.12. The van der Waals surface area contributed by atoms with Crippen LogP contribution in [0.15, 0.2) is 12.4 Å². The third-order valence-corrected chi connectivity index (χ3v) is 4.38. The van der Waals surface area contributed by atoms with Crippen molar-refractivity contribution in [2.45, 2.75) is 39.0 Å². The van der Waals surface area contributed by atoms with Crippen molar-refractivity contribution in [3.63, 3.8) is 0 Å². The molecule has 0 aromatic carbocycles. The monoisotopic (exact) mass is 235 g/mol. The molecule has 17 heavy (non-hydrogen) atoms. The molecule has 3 unspecified atom stereocenters. The van der Waals surface area contributed by atoms with E-state index in [2.05, 4.69) is 30.5 Å². The molecule has 2 fully saturated rings. The Morgan fingerprint density at radius 2 is 2.41 bits per heavy atom. The molecule has 2 heterocycles. The summed E-state index contributed by atoms with van der Waals surface area (Å²) in [5, 5.41) is 7.87. The molecule has 0 radical (unpaired) electrons. The van der Waals surface area contributed by atoms with Gasteiger partial charge in [-0.1, -0.05) is 13.8 Å². The van der Waals surface area contributed by atoms with Gasteiger partial charge in [0.2, 0.25) is 0 Å². The lowest BCUT2D eigenvalue weighted by molar-refractivity contribution is -0.113. The third kappa shape index (κ3) is 1.70. The van der Waals surface area contributed by atoms with Gasteiger partial charge in [0, 0.05) is 49.3 Å². The molecule has 0 amide bonds. The maximum absolute atomic E-state index is 5.80. The van der Waals surface area contributed by atoms with Gasteiger partial charge in [-0.15, -0.1) is 0 Å². The summed E-state index contributed by atoms with van der Waals surface area (Å²) in [5.74, 6) is 0.710. The van der Waals surface area contributed by atoms with Gasteiger partial charge < -0.3 is 10.1 Å². The Morgan fingerprint density at radius 3 is 3.12 bits per heavy atom. The molecule has 1 saturated carbocycles. The van der Waals surface area contributed by atoms with Crippen molar-refractivity contribution in [1.82, 2.24) is 15.1 Å². The first-order chi connectivity index (χ1) is 8.09. The summed E-state index contributed by atoms with van der Waals surface area (Å²) >= 11 is 0. The molecule has 3 atom stereocenters. The van der Waals surface area contributed by atoms with Gasteiger partial charge in [0.15, 0.2) is 0 Å². The lowest BCUT2D eigenvalue weighted by Gasteiger charge is -2.55. The molecule has 1 N–H and O–H groups in total. The van der Waals surface area contributed by atoms with E-state index in [9.17, 15) is 0 Å². The van der Waals surface area contributed by atoms with E-state index in [1.807, 2.05) is 17.9 Å². The molecule has 1 aromatic heterocycles. The van der Waals surface area contributed by atoms with Crippen LogP contribution in [0, 0.1) is 11.3 Å². The van der Waals surface area contributed by atoms with Crippen molar-refractivity contribution in [1.29, 1.82) is 0 Å². The third-order valence-electron chi connectivity index (χ3n) is 4.38. The second kappa shape index (κ2) is 3.82. The van der Waals surface area contributed by atoms with E-state index in [4.69, 9.17) is 4.74 Å². The van der Waals surface area contributed by atoms with Gasteiger partial charge in [-0.2, -0.15) is 5.10 Å². The van der Waals surface area contributed by atoms with Crippen molar-refractivity contribution < 1.29 is 4.74 Å². The van der Waals surface area contributed by atoms with Crippen LogP contribution in [-0.4, -0.2) is 28.5 Å². The van der Waals surface area contributed by atoms with Gasteiger partial charge in [-0.05, 0) is 6.42 Å². The Balaban J connectivity index is 1.62. The molecule has 1 aliphatic heterocycles. The first-order valence-corrected chi connectivity index (χ1v) is 6.41. The van der Waals surface area contributed by atoms with Crippen LogP contribution in [0.5, 0.6) is 0 Å². The fourth-order valence-corrected chi connectivity index (χ4v) is 3.53. The van der Waals surface area contributed by atoms with Crippen molar-refractivity contribution in [2.24, 2.45) is 18.4 Å². The first-order valence-electron chi connectivity index (χ1n) is 6.41. The van der Waals surface area contributed by atoms with Gasteiger partial charge >= 0.3 is 0 Å². The maximum Gasteiger partial charge on any atom is 0.0685 e. The number of nitrogens with one attached hydrogen (secondary N) is 1. The summed E-state index contributed by atoms with van der Waals surface area (Å²) in [7, 11) is 1.96. The maximum atomic E-state index is 5.80. The van der Waals surface area contributed by atoms with Crippen molar-refractivity contribution in [3.05, 3.63) is 18.0 Å². The predicted octanol–water partition coefficient (Wildman–Crippen LogP) is 1.32. The highest BCUT2D eigenvalue weighted by atomic mass is 16.5. The van der Waals surface area contributed by atoms with Crippen LogP contribution in [0.25, 0.3) is 0 Å². The van der Waals surface area contributed by atoms with Crippen molar-refractivity contribution >= 4 is 0 Å². The van der Waals surface area contributed by atoms with E-state index in [-0.39, 0.29) is 5.41 Å². The number of hydrogen-bond acceptors (Lipinski definition) is 3. The van der Waals surface area contributed by atoms with Crippen LogP contribution in [0.3, 0.4) is 0 Å². The summed E-state index contributed by atoms with van der Waals surface area (Å²) in [4.78, 5) is 0. The van der Waals surface area contributed by atoms with E-state index in [1.165, 1.54) is 12.0 Å². The zero-order valence-electron chi connectivity index (χ0n) is 10.8. The molecule has 1 aliphatic carbocycles. The Bertz CT molecular complexity index is 413. The molecule has 4 heteroatoms. The summed E-state index contributed by atoms with van der Waals surface area (Å²) < 4.78 is 7.65. The van der Waals surface area contributed by atoms with Crippen molar-refractivity contribution in [3.8, 4) is 0 Å². The fourth-order valence-electron chi connectivity index (χ4n) is 3.53. The topological polar surface area (TPSA) is 39.1 Å². The number of nitrogens with zero attached hydrogens (tertiary/aromatic N) is 2. The highest BCUT2D eigenvalue weighted by Gasteiger charge is 2.58. The molecule has 0 bridgehead atoms. The van der Waals surface area contributed by atoms with Crippen LogP contribution in [0.2, 0.25) is 0 Å². The molecule has 0 spiro atoms. The normalized spacial score (nSPS) is 34.4. The summed E-state index contributed by atoms with van der Waals surface area (Å²) in [5.41, 5.74) is 1.52. The smallest absolute Gasteiger partial charge is 0.0685 e. The number of aryl methyl sites for hydroxylation is 1. The summed E-state index contributed by atoms with van der Waals surface area (Å²) in [6.45, 7) is 6.45. The van der Waals surface area contributed by atoms with Gasteiger partial charge in [-0.3, -0.25) is 4.68 Å². The van der Waals surface area contributed by atoms with Gasteiger partial charge in [0.05, 0.1) is 12.3 Å². The molecule has 1 aromatic rings. The average Bonchev–Trinajstić information content (AvgIpc) is 2.86. The number of hydrogen-bond donors (Lipinski definition) is 1. The van der Waals surface area contributed by atoms with E-state index in [0.29, 0.717) is 18.1 Å². The van der Waals surface area contributed by atoms with Crippen LogP contribution in [-0.2, 0) is 18.3 Å². The van der Waals surface area contributed by atoms with Gasteiger partial charge in [0.1, 0.15) is 0 Å². The fraction of sp³-hybridized carbons (Fsp3) is 0.769. The molecule has 3 rings (SSSR count). The second-order valence-electron chi connectivity index (χ2n) is 5.95. The molecule has 1 saturated heterocycles. The summed E-state index contributed by atoms with van der Waals surface area (Å²) in [6.07, 6.45) is 5.68. The van der Waals surface area contributed by atoms with Crippen LogP contribution in [0.4, 0.5) is 0 Å². The summed E-state index contributed by atoms with van der Waals surface area (Å²) in [6, 6.07) is 0.579. The number of rotatable bonds is 3.